The highest BCUT2D eigenvalue weighted by Gasteiger charge is 2.34. The summed E-state index contributed by atoms with van der Waals surface area (Å²) in [6, 6.07) is 9.64. The number of aryl methyl sites for hydroxylation is 1. The molecule has 0 atom stereocenters. The first-order chi connectivity index (χ1) is 17.1. The van der Waals surface area contributed by atoms with Crippen LogP contribution in [0.15, 0.2) is 49.1 Å². The maximum atomic E-state index is 12.6. The van der Waals surface area contributed by atoms with Crippen molar-refractivity contribution in [3.05, 3.63) is 65.3 Å². The predicted molar refractivity (Wildman–Crippen MR) is 134 cm³/mol. The molecular formula is C25H28ClN7O2. The van der Waals surface area contributed by atoms with Crippen LogP contribution in [0, 0.1) is 5.92 Å². The number of amides is 1. The van der Waals surface area contributed by atoms with Crippen LogP contribution in [0.4, 0.5) is 5.82 Å². The third-order valence-electron chi connectivity index (χ3n) is 6.36. The van der Waals surface area contributed by atoms with E-state index in [4.69, 9.17) is 16.7 Å². The van der Waals surface area contributed by atoms with Crippen LogP contribution in [0.3, 0.4) is 0 Å². The minimum absolute atomic E-state index is 0.0503. The number of hydrogen-bond donors (Lipinski definition) is 2. The quantitative estimate of drug-likeness (QED) is 0.443. The molecule has 1 amide bonds. The average Bonchev–Trinajstić information content (AvgIpc) is 3.54. The fourth-order valence-electron chi connectivity index (χ4n) is 4.57. The van der Waals surface area contributed by atoms with Crippen LogP contribution in [0.25, 0.3) is 16.6 Å². The minimum atomic E-state index is -0.0503. The summed E-state index contributed by atoms with van der Waals surface area (Å²) in [5.41, 5.74) is 5.54. The van der Waals surface area contributed by atoms with E-state index in [-0.39, 0.29) is 18.4 Å². The zero-order chi connectivity index (χ0) is 24.4. The van der Waals surface area contributed by atoms with Gasteiger partial charge in [0, 0.05) is 60.8 Å². The molecule has 0 saturated carbocycles. The van der Waals surface area contributed by atoms with Gasteiger partial charge in [-0.05, 0) is 43.5 Å². The second-order valence-electron chi connectivity index (χ2n) is 8.74. The summed E-state index contributed by atoms with van der Waals surface area (Å²) in [5, 5.41) is 20.2. The molecule has 2 N–H and O–H groups in total. The lowest BCUT2D eigenvalue weighted by molar-refractivity contribution is -0.125. The van der Waals surface area contributed by atoms with Crippen molar-refractivity contribution in [2.45, 2.75) is 32.9 Å². The molecule has 0 bridgehead atoms. The van der Waals surface area contributed by atoms with Gasteiger partial charge in [0.2, 0.25) is 5.91 Å². The van der Waals surface area contributed by atoms with Crippen molar-refractivity contribution in [1.29, 1.82) is 0 Å². The van der Waals surface area contributed by atoms with Gasteiger partial charge >= 0.3 is 0 Å². The number of carbonyl (C=O) groups excluding carboxylic acids is 1. The summed E-state index contributed by atoms with van der Waals surface area (Å²) in [6.45, 7) is 4.71. The van der Waals surface area contributed by atoms with E-state index >= 15 is 0 Å². The molecule has 1 saturated heterocycles. The van der Waals surface area contributed by atoms with E-state index in [1.54, 1.807) is 13.3 Å². The van der Waals surface area contributed by atoms with Crippen molar-refractivity contribution in [1.82, 2.24) is 29.7 Å². The summed E-state index contributed by atoms with van der Waals surface area (Å²) < 4.78 is 3.96. The molecule has 182 valence electrons. The lowest BCUT2D eigenvalue weighted by atomic mass is 9.99. The average molecular weight is 494 g/mol. The Balaban J connectivity index is 0.000000806. The number of halogens is 1. The molecule has 6 rings (SSSR count). The zero-order valence-electron chi connectivity index (χ0n) is 19.6. The Morgan fingerprint density at radius 3 is 2.77 bits per heavy atom. The first kappa shape index (κ1) is 23.3. The van der Waals surface area contributed by atoms with Gasteiger partial charge in [-0.15, -0.1) is 0 Å². The molecule has 3 aromatic heterocycles. The van der Waals surface area contributed by atoms with Gasteiger partial charge in [-0.25, -0.2) is 9.50 Å². The summed E-state index contributed by atoms with van der Waals surface area (Å²) in [4.78, 5) is 19.2. The SMILES string of the molecule is CCO.O=C(NCc1ccc(Cl)cc1)C1CN(c2ncnn3cc(-c4cnn5c4CCC5)cc23)C1. The van der Waals surface area contributed by atoms with Gasteiger partial charge in [-0.3, -0.25) is 9.48 Å². The third-order valence-corrected chi connectivity index (χ3v) is 6.61. The number of anilines is 1. The van der Waals surface area contributed by atoms with Crippen LogP contribution in [0.5, 0.6) is 0 Å². The molecule has 9 nitrogen and oxygen atoms in total. The molecule has 1 fully saturated rings. The zero-order valence-corrected chi connectivity index (χ0v) is 20.3. The number of fused-ring (bicyclic) bond motifs is 2. The van der Waals surface area contributed by atoms with Crippen LogP contribution in [-0.2, 0) is 24.3 Å². The Morgan fingerprint density at radius 1 is 1.23 bits per heavy atom. The minimum Gasteiger partial charge on any atom is -0.397 e. The molecule has 10 heteroatoms. The summed E-state index contributed by atoms with van der Waals surface area (Å²) in [7, 11) is 0. The Labute approximate surface area is 208 Å². The van der Waals surface area contributed by atoms with Crippen LogP contribution in [0.2, 0.25) is 5.02 Å². The summed E-state index contributed by atoms with van der Waals surface area (Å²) in [5.74, 6) is 0.871. The maximum absolute atomic E-state index is 12.6. The molecule has 5 heterocycles. The third kappa shape index (κ3) is 4.74. The highest BCUT2D eigenvalue weighted by atomic mass is 35.5. The number of aliphatic hydroxyl groups excluding tert-OH is 1. The molecule has 2 aliphatic heterocycles. The monoisotopic (exact) mass is 493 g/mol. The summed E-state index contributed by atoms with van der Waals surface area (Å²) in [6.07, 6.45) is 7.75. The Hall–Kier alpha value is -3.43. The number of carbonyl (C=O) groups is 1. The first-order valence-electron chi connectivity index (χ1n) is 11.8. The first-order valence-corrected chi connectivity index (χ1v) is 12.2. The van der Waals surface area contributed by atoms with Gasteiger partial charge in [-0.1, -0.05) is 23.7 Å². The van der Waals surface area contributed by atoms with E-state index < -0.39 is 0 Å². The van der Waals surface area contributed by atoms with Crippen LogP contribution < -0.4 is 10.2 Å². The Morgan fingerprint density at radius 2 is 2.00 bits per heavy atom. The Kier molecular flexibility index (Phi) is 6.70. The predicted octanol–water partition coefficient (Wildman–Crippen LogP) is 2.94. The van der Waals surface area contributed by atoms with E-state index in [9.17, 15) is 4.79 Å². The second-order valence-corrected chi connectivity index (χ2v) is 9.17. The molecular weight excluding hydrogens is 466 g/mol. The van der Waals surface area contributed by atoms with E-state index in [0.29, 0.717) is 24.7 Å². The van der Waals surface area contributed by atoms with Crippen LogP contribution in [-0.4, -0.2) is 55.1 Å². The maximum Gasteiger partial charge on any atom is 0.226 e. The van der Waals surface area contributed by atoms with E-state index in [2.05, 4.69) is 36.1 Å². The topological polar surface area (TPSA) is 101 Å². The molecule has 0 aliphatic carbocycles. The lowest BCUT2D eigenvalue weighted by Gasteiger charge is -2.39. The fourth-order valence-corrected chi connectivity index (χ4v) is 4.69. The highest BCUT2D eigenvalue weighted by molar-refractivity contribution is 6.30. The van der Waals surface area contributed by atoms with Crippen LogP contribution in [0.1, 0.15) is 24.6 Å². The number of nitrogens with zero attached hydrogens (tertiary/aromatic N) is 6. The summed E-state index contributed by atoms with van der Waals surface area (Å²) >= 11 is 5.92. The standard InChI is InChI=1S/C23H22ClN7O.C2H6O/c24-18-5-3-15(4-6-18)9-25-23(32)17-11-29(12-17)22-21-8-16(13-31(21)28-14-26-22)19-10-27-30-7-1-2-20(19)30;1-2-3/h3-6,8,10,13-14,17H,1-2,7,9,11-12H2,(H,25,32);3H,2H2,1H3. The fraction of sp³-hybridized carbons (Fsp3) is 0.360. The van der Waals surface area contributed by atoms with Gasteiger partial charge in [0.1, 0.15) is 11.8 Å². The van der Waals surface area contributed by atoms with Crippen LogP contribution >= 0.6 is 11.6 Å². The largest absolute Gasteiger partial charge is 0.397 e. The van der Waals surface area contributed by atoms with Gasteiger partial charge in [0.15, 0.2) is 5.82 Å². The van der Waals surface area contributed by atoms with Crippen molar-refractivity contribution in [3.63, 3.8) is 0 Å². The van der Waals surface area contributed by atoms with Crippen molar-refractivity contribution in [2.75, 3.05) is 24.6 Å². The molecule has 4 aromatic rings. The van der Waals surface area contributed by atoms with E-state index in [0.717, 1.165) is 41.8 Å². The number of hydrogen-bond acceptors (Lipinski definition) is 6. The highest BCUT2D eigenvalue weighted by Crippen LogP contribution is 2.33. The second kappa shape index (κ2) is 10.1. The van der Waals surface area contributed by atoms with Crippen molar-refractivity contribution in [3.8, 4) is 11.1 Å². The van der Waals surface area contributed by atoms with Crippen molar-refractivity contribution in [2.24, 2.45) is 5.92 Å². The molecule has 0 spiro atoms. The molecule has 1 aromatic carbocycles. The lowest BCUT2D eigenvalue weighted by Crippen LogP contribution is -2.54. The smallest absolute Gasteiger partial charge is 0.226 e. The molecule has 0 radical (unpaired) electrons. The van der Waals surface area contributed by atoms with E-state index in [1.807, 2.05) is 41.2 Å². The number of benzene rings is 1. The van der Waals surface area contributed by atoms with Crippen molar-refractivity contribution >= 4 is 28.8 Å². The van der Waals surface area contributed by atoms with Gasteiger partial charge in [0.05, 0.1) is 12.1 Å². The number of nitrogens with one attached hydrogen (secondary N) is 1. The van der Waals surface area contributed by atoms with Crippen molar-refractivity contribution < 1.29 is 9.90 Å². The molecule has 0 unspecified atom stereocenters. The normalized spacial score (nSPS) is 14.9. The Bertz CT molecular complexity index is 1330. The van der Waals surface area contributed by atoms with Gasteiger partial charge in [-0.2, -0.15) is 10.2 Å². The number of aromatic nitrogens is 5. The molecule has 35 heavy (non-hydrogen) atoms. The number of aliphatic hydroxyl groups is 1. The number of rotatable bonds is 5. The molecule has 2 aliphatic rings. The van der Waals surface area contributed by atoms with E-state index in [1.165, 1.54) is 11.3 Å². The van der Waals surface area contributed by atoms with Gasteiger partial charge < -0.3 is 15.3 Å². The van der Waals surface area contributed by atoms with Gasteiger partial charge in [0.25, 0.3) is 0 Å².